The summed E-state index contributed by atoms with van der Waals surface area (Å²) in [6.45, 7) is 6.70. The fourth-order valence-corrected chi connectivity index (χ4v) is 5.80. The fraction of sp³-hybridized carbons (Fsp3) is 0.303. The maximum atomic E-state index is 13.1. The number of aromatic nitrogens is 3. The number of β-amino-alcohol motifs (C(OH)–C–C–N with tert-alkyl or cyclic N) is 1. The lowest BCUT2D eigenvalue weighted by molar-refractivity contribution is 0.0949. The third kappa shape index (κ3) is 5.97. The van der Waals surface area contributed by atoms with Gasteiger partial charge in [0.05, 0.1) is 6.10 Å². The molecule has 0 radical (unpaired) electrons. The smallest absolute Gasteiger partial charge is 0.276 e. The zero-order valence-electron chi connectivity index (χ0n) is 24.3. The predicted octanol–water partition coefficient (Wildman–Crippen LogP) is 4.61. The van der Waals surface area contributed by atoms with Gasteiger partial charge in [0.2, 0.25) is 0 Å². The van der Waals surface area contributed by atoms with Gasteiger partial charge < -0.3 is 15.7 Å². The lowest BCUT2D eigenvalue weighted by Crippen LogP contribution is -2.21. The number of ketones is 1. The minimum atomic E-state index is -0.371. The number of aliphatic hydroxyl groups excluding tert-OH is 1. The average Bonchev–Trinajstić information content (AvgIpc) is 3.63. The van der Waals surface area contributed by atoms with Crippen LogP contribution in [0.1, 0.15) is 67.4 Å². The summed E-state index contributed by atoms with van der Waals surface area (Å²) in [5.41, 5.74) is 6.90. The molecular weight excluding hydrogens is 544 g/mol. The van der Waals surface area contributed by atoms with E-state index in [9.17, 15) is 19.5 Å². The Hall–Kier alpha value is -4.67. The number of amides is 2. The summed E-state index contributed by atoms with van der Waals surface area (Å²) in [4.78, 5) is 44.9. The van der Waals surface area contributed by atoms with Gasteiger partial charge in [-0.25, -0.2) is 0 Å². The van der Waals surface area contributed by atoms with E-state index >= 15 is 0 Å². The normalized spacial score (nSPS) is 16.6. The maximum Gasteiger partial charge on any atom is 0.276 e. The number of nitrogens with zero attached hydrogens (tertiary/aromatic N) is 4. The Morgan fingerprint density at radius 3 is 2.19 bits per heavy atom. The number of rotatable bonds is 7. The number of aliphatic hydroxyl groups is 1. The quantitative estimate of drug-likeness (QED) is 0.292. The molecule has 0 spiro atoms. The topological polar surface area (TPSA) is 129 Å². The van der Waals surface area contributed by atoms with Crippen molar-refractivity contribution in [3.8, 4) is 11.1 Å². The standard InChI is InChI=1S/C33H34N6O4/c1-20-24(6-3-8-26(20)35-32(42)28-12-11-22(17-34-28)18-38-15-13-23(40)19-38)25-7-4-9-27(21(25)2)36-33(43)29-16-30-31(41)10-5-14-39(30)37-29/h3-4,6-9,11-12,16-17,23,40H,5,10,13-15,18-19H2,1-2H3,(H,35,42)(H,36,43)/t23-/m1/s1. The van der Waals surface area contributed by atoms with Gasteiger partial charge in [-0.3, -0.25) is 28.9 Å². The van der Waals surface area contributed by atoms with Crippen LogP contribution in [0, 0.1) is 13.8 Å². The van der Waals surface area contributed by atoms with E-state index in [0.717, 1.165) is 47.2 Å². The minimum absolute atomic E-state index is 0.00488. The molecule has 2 aromatic carbocycles. The van der Waals surface area contributed by atoms with Crippen molar-refractivity contribution >= 4 is 29.0 Å². The SMILES string of the molecule is Cc1c(NC(=O)c2ccc(CN3CC[C@@H](O)C3)cn2)cccc1-c1cccc(NC(=O)c2cc3n(n2)CCCC3=O)c1C. The molecule has 0 unspecified atom stereocenters. The van der Waals surface area contributed by atoms with Crippen molar-refractivity contribution < 1.29 is 19.5 Å². The second kappa shape index (κ2) is 11.9. The van der Waals surface area contributed by atoms with E-state index in [2.05, 4.69) is 25.6 Å². The highest BCUT2D eigenvalue weighted by molar-refractivity contribution is 6.06. The fourth-order valence-electron chi connectivity index (χ4n) is 5.80. The van der Waals surface area contributed by atoms with Crippen LogP contribution >= 0.6 is 0 Å². The third-order valence-corrected chi connectivity index (χ3v) is 8.24. The van der Waals surface area contributed by atoms with Crippen LogP contribution in [0.25, 0.3) is 11.1 Å². The van der Waals surface area contributed by atoms with E-state index in [1.54, 1.807) is 23.0 Å². The number of carbonyl (C=O) groups excluding carboxylic acids is 3. The molecule has 1 atom stereocenters. The van der Waals surface area contributed by atoms with Crippen molar-refractivity contribution in [3.63, 3.8) is 0 Å². The molecule has 1 saturated heterocycles. The van der Waals surface area contributed by atoms with Gasteiger partial charge in [-0.1, -0.05) is 30.3 Å². The molecule has 3 N–H and O–H groups in total. The van der Waals surface area contributed by atoms with E-state index in [1.165, 1.54) is 0 Å². The van der Waals surface area contributed by atoms with Crippen LogP contribution in [0.2, 0.25) is 0 Å². The molecule has 4 heterocycles. The van der Waals surface area contributed by atoms with Crippen LogP contribution in [0.3, 0.4) is 0 Å². The van der Waals surface area contributed by atoms with Gasteiger partial charge in [-0.2, -0.15) is 5.10 Å². The molecule has 2 amide bonds. The van der Waals surface area contributed by atoms with E-state index in [1.807, 2.05) is 56.3 Å². The highest BCUT2D eigenvalue weighted by Crippen LogP contribution is 2.34. The molecule has 2 aliphatic rings. The van der Waals surface area contributed by atoms with Crippen molar-refractivity contribution in [2.75, 3.05) is 23.7 Å². The molecule has 0 aliphatic carbocycles. The molecule has 10 nitrogen and oxygen atoms in total. The van der Waals surface area contributed by atoms with E-state index in [4.69, 9.17) is 0 Å². The summed E-state index contributed by atoms with van der Waals surface area (Å²) in [6, 6.07) is 16.6. The Morgan fingerprint density at radius 2 is 1.60 bits per heavy atom. The molecule has 10 heteroatoms. The number of benzene rings is 2. The molecule has 2 aliphatic heterocycles. The van der Waals surface area contributed by atoms with Crippen LogP contribution in [0.4, 0.5) is 11.4 Å². The highest BCUT2D eigenvalue weighted by Gasteiger charge is 2.23. The van der Waals surface area contributed by atoms with Crippen LogP contribution in [0.5, 0.6) is 0 Å². The Balaban J connectivity index is 1.17. The highest BCUT2D eigenvalue weighted by atomic mass is 16.3. The van der Waals surface area contributed by atoms with Crippen LogP contribution in [0.15, 0.2) is 60.8 Å². The number of anilines is 2. The molecule has 1 fully saturated rings. The summed E-state index contributed by atoms with van der Waals surface area (Å²) in [6.07, 6.45) is 3.41. The Bertz CT molecular complexity index is 1710. The van der Waals surface area contributed by atoms with Crippen LogP contribution < -0.4 is 10.6 Å². The lowest BCUT2D eigenvalue weighted by Gasteiger charge is -2.17. The van der Waals surface area contributed by atoms with Crippen molar-refractivity contribution in [3.05, 3.63) is 94.6 Å². The molecule has 6 rings (SSSR count). The van der Waals surface area contributed by atoms with Gasteiger partial charge in [0.25, 0.3) is 11.8 Å². The number of fused-ring (bicyclic) bond motifs is 1. The zero-order chi connectivity index (χ0) is 30.1. The van der Waals surface area contributed by atoms with Crippen molar-refractivity contribution in [2.45, 2.75) is 52.3 Å². The van der Waals surface area contributed by atoms with Crippen LogP contribution in [-0.2, 0) is 13.1 Å². The summed E-state index contributed by atoms with van der Waals surface area (Å²) in [7, 11) is 0. The second-order valence-electron chi connectivity index (χ2n) is 11.3. The largest absolute Gasteiger partial charge is 0.392 e. The summed E-state index contributed by atoms with van der Waals surface area (Å²) < 4.78 is 1.61. The summed E-state index contributed by atoms with van der Waals surface area (Å²) in [5, 5.41) is 20.0. The molecule has 0 saturated carbocycles. The zero-order valence-corrected chi connectivity index (χ0v) is 24.3. The van der Waals surface area contributed by atoms with Crippen molar-refractivity contribution in [1.29, 1.82) is 0 Å². The molecule has 4 aromatic rings. The first-order valence-corrected chi connectivity index (χ1v) is 14.6. The molecule has 2 aromatic heterocycles. The number of nitrogens with one attached hydrogen (secondary N) is 2. The van der Waals surface area contributed by atoms with Gasteiger partial charge >= 0.3 is 0 Å². The molecule has 0 bridgehead atoms. The van der Waals surface area contributed by atoms with Crippen molar-refractivity contribution in [2.24, 2.45) is 0 Å². The predicted molar refractivity (Wildman–Crippen MR) is 163 cm³/mol. The number of hydrogen-bond acceptors (Lipinski definition) is 7. The maximum absolute atomic E-state index is 13.1. The van der Waals surface area contributed by atoms with E-state index in [-0.39, 0.29) is 29.4 Å². The summed E-state index contributed by atoms with van der Waals surface area (Å²) >= 11 is 0. The van der Waals surface area contributed by atoms with Gasteiger partial charge in [0, 0.05) is 56.2 Å². The monoisotopic (exact) mass is 578 g/mol. The second-order valence-corrected chi connectivity index (χ2v) is 11.3. The summed E-state index contributed by atoms with van der Waals surface area (Å²) in [5.74, 6) is -0.670. The van der Waals surface area contributed by atoms with E-state index < -0.39 is 0 Å². The van der Waals surface area contributed by atoms with Crippen molar-refractivity contribution in [1.82, 2.24) is 19.7 Å². The Labute approximate surface area is 249 Å². The van der Waals surface area contributed by atoms with Gasteiger partial charge in [-0.15, -0.1) is 0 Å². The first-order chi connectivity index (χ1) is 20.8. The molecular formula is C33H34N6O4. The van der Waals surface area contributed by atoms with E-state index in [0.29, 0.717) is 48.8 Å². The Kier molecular flexibility index (Phi) is 7.88. The average molecular weight is 579 g/mol. The first kappa shape index (κ1) is 28.4. The Morgan fingerprint density at radius 1 is 0.930 bits per heavy atom. The third-order valence-electron chi connectivity index (χ3n) is 8.24. The van der Waals surface area contributed by atoms with Crippen LogP contribution in [-0.4, -0.2) is 61.6 Å². The number of aryl methyl sites for hydroxylation is 1. The first-order valence-electron chi connectivity index (χ1n) is 14.6. The van der Waals surface area contributed by atoms with Gasteiger partial charge in [0.1, 0.15) is 11.4 Å². The molecule has 220 valence electrons. The number of Topliss-reactive ketones (excluding diaryl/α,β-unsaturated/α-hetero) is 1. The number of hydrogen-bond donors (Lipinski definition) is 3. The number of likely N-dealkylation sites (tertiary alicyclic amines) is 1. The van der Waals surface area contributed by atoms with Gasteiger partial charge in [-0.05, 0) is 72.7 Å². The minimum Gasteiger partial charge on any atom is -0.392 e. The van der Waals surface area contributed by atoms with Gasteiger partial charge in [0.15, 0.2) is 11.5 Å². The number of pyridine rings is 1. The lowest BCUT2D eigenvalue weighted by atomic mass is 9.94. The molecule has 43 heavy (non-hydrogen) atoms. The number of carbonyl (C=O) groups is 3.